The van der Waals surface area contributed by atoms with Crippen LogP contribution in [0.3, 0.4) is 0 Å². The monoisotopic (exact) mass is 198 g/mol. The van der Waals surface area contributed by atoms with Gasteiger partial charge in [-0.25, -0.2) is 4.98 Å². The number of rotatable bonds is 2. The number of ketones is 1. The van der Waals surface area contributed by atoms with Gasteiger partial charge < -0.3 is 0 Å². The Hall–Kier alpha value is -0.770. The van der Waals surface area contributed by atoms with Crippen LogP contribution >= 0.6 is 11.5 Å². The molecule has 13 heavy (non-hydrogen) atoms. The third kappa shape index (κ3) is 2.34. The number of Topliss-reactive ketones (excluding diaryl/α,β-unsaturated/α-hetero) is 1. The summed E-state index contributed by atoms with van der Waals surface area (Å²) < 4.78 is 4.03. The van der Waals surface area contributed by atoms with E-state index in [-0.39, 0.29) is 11.2 Å². The van der Waals surface area contributed by atoms with Crippen molar-refractivity contribution >= 4 is 17.3 Å². The molecule has 1 heterocycles. The molecule has 4 heteroatoms. The first kappa shape index (κ1) is 10.3. The van der Waals surface area contributed by atoms with Gasteiger partial charge in [0.1, 0.15) is 5.01 Å². The molecule has 0 saturated heterocycles. The molecule has 0 bridgehead atoms. The molecule has 1 aromatic heterocycles. The van der Waals surface area contributed by atoms with Crippen molar-refractivity contribution in [1.29, 1.82) is 0 Å². The molecule has 0 atom stereocenters. The van der Waals surface area contributed by atoms with E-state index in [1.165, 1.54) is 11.5 Å². The first-order valence-corrected chi connectivity index (χ1v) is 5.10. The number of aromatic nitrogens is 2. The third-order valence-electron chi connectivity index (χ3n) is 1.64. The predicted molar refractivity (Wildman–Crippen MR) is 53.2 cm³/mol. The van der Waals surface area contributed by atoms with Gasteiger partial charge in [-0.1, -0.05) is 27.7 Å². The minimum absolute atomic E-state index is 0.00998. The van der Waals surface area contributed by atoms with Crippen molar-refractivity contribution in [1.82, 2.24) is 9.36 Å². The lowest BCUT2D eigenvalue weighted by molar-refractivity contribution is 0.0979. The molecule has 0 aliphatic carbocycles. The molecule has 0 aliphatic heterocycles. The quantitative estimate of drug-likeness (QED) is 0.685. The highest BCUT2D eigenvalue weighted by Gasteiger charge is 2.20. The summed E-state index contributed by atoms with van der Waals surface area (Å²) in [5.41, 5.74) is -0.00998. The molecule has 0 aliphatic rings. The Morgan fingerprint density at radius 1 is 1.46 bits per heavy atom. The minimum atomic E-state index is -0.00998. The van der Waals surface area contributed by atoms with Gasteiger partial charge in [-0.15, -0.1) is 0 Å². The smallest absolute Gasteiger partial charge is 0.209 e. The summed E-state index contributed by atoms with van der Waals surface area (Å²) in [7, 11) is 0. The van der Waals surface area contributed by atoms with E-state index in [0.717, 1.165) is 5.01 Å². The van der Waals surface area contributed by atoms with Crippen LogP contribution in [0.5, 0.6) is 0 Å². The SMILES string of the molecule is CCC(=O)c1nsc(C(C)(C)C)n1. The molecule has 0 amide bonds. The van der Waals surface area contributed by atoms with Crippen molar-refractivity contribution in [3.63, 3.8) is 0 Å². The molecule has 72 valence electrons. The molecule has 1 aromatic rings. The van der Waals surface area contributed by atoms with Crippen LogP contribution in [0.15, 0.2) is 0 Å². The van der Waals surface area contributed by atoms with E-state index in [1.54, 1.807) is 0 Å². The average Bonchev–Trinajstić information content (AvgIpc) is 2.50. The summed E-state index contributed by atoms with van der Waals surface area (Å²) in [6, 6.07) is 0. The molecule has 0 radical (unpaired) electrons. The molecule has 0 aromatic carbocycles. The molecule has 3 nitrogen and oxygen atoms in total. The van der Waals surface area contributed by atoms with Crippen LogP contribution in [-0.2, 0) is 5.41 Å². The van der Waals surface area contributed by atoms with E-state index in [2.05, 4.69) is 30.1 Å². The largest absolute Gasteiger partial charge is 0.291 e. The van der Waals surface area contributed by atoms with Gasteiger partial charge in [-0.05, 0) is 11.5 Å². The Balaban J connectivity index is 2.93. The lowest BCUT2D eigenvalue weighted by Crippen LogP contribution is -2.11. The first-order chi connectivity index (χ1) is 5.95. The van der Waals surface area contributed by atoms with E-state index in [0.29, 0.717) is 12.2 Å². The van der Waals surface area contributed by atoms with Crippen LogP contribution < -0.4 is 0 Å². The second kappa shape index (κ2) is 3.54. The maximum absolute atomic E-state index is 11.2. The standard InChI is InChI=1S/C9H14N2OS/c1-5-6(12)7-10-8(13-11-7)9(2,3)4/h5H2,1-4H3. The summed E-state index contributed by atoms with van der Waals surface area (Å²) in [5, 5.41) is 0.921. The van der Waals surface area contributed by atoms with Crippen LogP contribution in [-0.4, -0.2) is 15.1 Å². The maximum atomic E-state index is 11.2. The Kier molecular flexibility index (Phi) is 2.81. The van der Waals surface area contributed by atoms with Gasteiger partial charge in [0.15, 0.2) is 0 Å². The van der Waals surface area contributed by atoms with Crippen LogP contribution in [0.1, 0.15) is 49.7 Å². The van der Waals surface area contributed by atoms with Gasteiger partial charge in [0, 0.05) is 11.8 Å². The third-order valence-corrected chi connectivity index (χ3v) is 2.78. The van der Waals surface area contributed by atoms with Gasteiger partial charge >= 0.3 is 0 Å². The van der Waals surface area contributed by atoms with Crippen LogP contribution in [0.2, 0.25) is 0 Å². The molecule has 0 spiro atoms. The highest BCUT2D eigenvalue weighted by atomic mass is 32.1. The molecular formula is C9H14N2OS. The molecule has 0 unspecified atom stereocenters. The predicted octanol–water partition coefficient (Wildman–Crippen LogP) is 2.43. The van der Waals surface area contributed by atoms with Crippen molar-refractivity contribution < 1.29 is 4.79 Å². The maximum Gasteiger partial charge on any atom is 0.209 e. The van der Waals surface area contributed by atoms with Crippen molar-refractivity contribution in [2.24, 2.45) is 0 Å². The fourth-order valence-corrected chi connectivity index (χ4v) is 1.52. The van der Waals surface area contributed by atoms with Crippen molar-refractivity contribution in [3.05, 3.63) is 10.8 Å². The van der Waals surface area contributed by atoms with E-state index in [9.17, 15) is 4.79 Å². The lowest BCUT2D eigenvalue weighted by Gasteiger charge is -2.12. The van der Waals surface area contributed by atoms with Gasteiger partial charge in [0.2, 0.25) is 11.6 Å². The van der Waals surface area contributed by atoms with Crippen LogP contribution in [0.4, 0.5) is 0 Å². The summed E-state index contributed by atoms with van der Waals surface area (Å²) in [4.78, 5) is 15.4. The van der Waals surface area contributed by atoms with Gasteiger partial charge in [-0.3, -0.25) is 4.79 Å². The topological polar surface area (TPSA) is 42.9 Å². The van der Waals surface area contributed by atoms with Crippen molar-refractivity contribution in [2.75, 3.05) is 0 Å². The number of carbonyl (C=O) groups is 1. The second-order valence-corrected chi connectivity index (χ2v) is 4.70. The van der Waals surface area contributed by atoms with E-state index in [4.69, 9.17) is 0 Å². The van der Waals surface area contributed by atoms with Crippen LogP contribution in [0, 0.1) is 0 Å². The van der Waals surface area contributed by atoms with Gasteiger partial charge in [-0.2, -0.15) is 4.37 Å². The van der Waals surface area contributed by atoms with Crippen molar-refractivity contribution in [2.45, 2.75) is 39.5 Å². The highest BCUT2D eigenvalue weighted by molar-refractivity contribution is 7.05. The average molecular weight is 198 g/mol. The normalized spacial score (nSPS) is 11.7. The number of carbonyl (C=O) groups excluding carboxylic acids is 1. The van der Waals surface area contributed by atoms with E-state index < -0.39 is 0 Å². The van der Waals surface area contributed by atoms with E-state index >= 15 is 0 Å². The highest BCUT2D eigenvalue weighted by Crippen LogP contribution is 2.23. The Labute approximate surface area is 82.4 Å². The minimum Gasteiger partial charge on any atom is -0.291 e. The summed E-state index contributed by atoms with van der Waals surface area (Å²) in [6.07, 6.45) is 0.473. The molecular weight excluding hydrogens is 184 g/mol. The fraction of sp³-hybridized carbons (Fsp3) is 0.667. The second-order valence-electron chi connectivity index (χ2n) is 3.95. The van der Waals surface area contributed by atoms with E-state index in [1.807, 2.05) is 6.92 Å². The summed E-state index contributed by atoms with van der Waals surface area (Å²) in [5.74, 6) is 0.393. The molecule has 0 N–H and O–H groups in total. The lowest BCUT2D eigenvalue weighted by atomic mass is 9.98. The fourth-order valence-electron chi connectivity index (χ4n) is 0.799. The Bertz CT molecular complexity index is 312. The van der Waals surface area contributed by atoms with Crippen molar-refractivity contribution in [3.8, 4) is 0 Å². The van der Waals surface area contributed by atoms with Gasteiger partial charge in [0.05, 0.1) is 0 Å². The molecule has 0 saturated carbocycles. The van der Waals surface area contributed by atoms with Gasteiger partial charge in [0.25, 0.3) is 0 Å². The zero-order chi connectivity index (χ0) is 10.1. The molecule has 1 rings (SSSR count). The number of hydrogen-bond donors (Lipinski definition) is 0. The Morgan fingerprint density at radius 2 is 2.08 bits per heavy atom. The summed E-state index contributed by atoms with van der Waals surface area (Å²) in [6.45, 7) is 8.01. The molecule has 0 fully saturated rings. The zero-order valence-electron chi connectivity index (χ0n) is 8.42. The number of hydrogen-bond acceptors (Lipinski definition) is 4. The first-order valence-electron chi connectivity index (χ1n) is 4.32. The Morgan fingerprint density at radius 3 is 2.46 bits per heavy atom. The summed E-state index contributed by atoms with van der Waals surface area (Å²) >= 11 is 1.32. The number of nitrogens with zero attached hydrogens (tertiary/aromatic N) is 2. The zero-order valence-corrected chi connectivity index (χ0v) is 9.23. The van der Waals surface area contributed by atoms with Crippen LogP contribution in [0.25, 0.3) is 0 Å².